The van der Waals surface area contributed by atoms with Crippen LogP contribution in [0, 0.1) is 0 Å². The molecule has 2 amide bonds. The molecular weight excluding hydrogens is 409 g/mol. The van der Waals surface area contributed by atoms with Crippen molar-refractivity contribution in [1.29, 1.82) is 0 Å². The highest BCUT2D eigenvalue weighted by Gasteiger charge is 2.62. The summed E-state index contributed by atoms with van der Waals surface area (Å²) in [5.41, 5.74) is -2.39. The van der Waals surface area contributed by atoms with E-state index in [1.807, 2.05) is 30.3 Å². The van der Waals surface area contributed by atoms with E-state index in [0.717, 1.165) is 5.56 Å². The summed E-state index contributed by atoms with van der Waals surface area (Å²) >= 11 is 5.53. The van der Waals surface area contributed by atoms with Crippen molar-refractivity contribution in [2.75, 3.05) is 19.0 Å². The second-order valence-electron chi connectivity index (χ2n) is 7.45. The standard InChI is InChI=1S/C20H22ClF3N2O3/c21-12-16(27)25-13-18(14-6-2-1-3-7-14)10-15(11-18)26-17(28)19(20(22,23)24)8-4-5-9-29-19/h1-7,15H,8-13H2,(H,25,27)(H,26,28). The van der Waals surface area contributed by atoms with Crippen molar-refractivity contribution >= 4 is 23.4 Å². The average molecular weight is 431 g/mol. The molecule has 1 unspecified atom stereocenters. The summed E-state index contributed by atoms with van der Waals surface area (Å²) in [6.07, 6.45) is -1.81. The summed E-state index contributed by atoms with van der Waals surface area (Å²) in [5.74, 6) is -1.68. The van der Waals surface area contributed by atoms with Gasteiger partial charge in [0, 0.05) is 24.4 Å². The second-order valence-corrected chi connectivity index (χ2v) is 7.71. The topological polar surface area (TPSA) is 67.4 Å². The van der Waals surface area contributed by atoms with Crippen LogP contribution in [0.15, 0.2) is 42.5 Å². The van der Waals surface area contributed by atoms with Crippen molar-refractivity contribution in [3.63, 3.8) is 0 Å². The van der Waals surface area contributed by atoms with Crippen LogP contribution < -0.4 is 10.6 Å². The number of carbonyl (C=O) groups is 2. The first-order valence-electron chi connectivity index (χ1n) is 9.27. The minimum absolute atomic E-state index is 0.177. The summed E-state index contributed by atoms with van der Waals surface area (Å²) in [4.78, 5) is 24.1. The summed E-state index contributed by atoms with van der Waals surface area (Å²) < 4.78 is 45.7. The lowest BCUT2D eigenvalue weighted by atomic mass is 9.61. The van der Waals surface area contributed by atoms with Crippen LogP contribution in [0.25, 0.3) is 0 Å². The van der Waals surface area contributed by atoms with Gasteiger partial charge in [-0.3, -0.25) is 9.59 Å². The molecule has 29 heavy (non-hydrogen) atoms. The fourth-order valence-corrected chi connectivity index (χ4v) is 4.02. The van der Waals surface area contributed by atoms with E-state index in [2.05, 4.69) is 10.6 Å². The van der Waals surface area contributed by atoms with Crippen molar-refractivity contribution in [2.24, 2.45) is 0 Å². The van der Waals surface area contributed by atoms with Crippen molar-refractivity contribution in [3.05, 3.63) is 48.0 Å². The van der Waals surface area contributed by atoms with Gasteiger partial charge in [0.2, 0.25) is 11.5 Å². The molecule has 1 atom stereocenters. The molecule has 1 fully saturated rings. The Morgan fingerprint density at radius 2 is 1.86 bits per heavy atom. The number of nitrogens with one attached hydrogen (secondary N) is 2. The fraction of sp³-hybridized carbons (Fsp3) is 0.500. The first-order chi connectivity index (χ1) is 13.7. The maximum absolute atomic E-state index is 13.6. The van der Waals surface area contributed by atoms with Crippen LogP contribution in [0.3, 0.4) is 0 Å². The second kappa shape index (κ2) is 8.36. The van der Waals surface area contributed by atoms with Gasteiger partial charge in [0.1, 0.15) is 5.88 Å². The maximum atomic E-state index is 13.6. The van der Waals surface area contributed by atoms with Crippen LogP contribution >= 0.6 is 11.6 Å². The minimum Gasteiger partial charge on any atom is -0.354 e. The Labute approximate surface area is 171 Å². The third-order valence-electron chi connectivity index (χ3n) is 5.56. The smallest absolute Gasteiger partial charge is 0.354 e. The number of rotatable bonds is 6. The third-order valence-corrected chi connectivity index (χ3v) is 5.81. The molecule has 1 aromatic carbocycles. The van der Waals surface area contributed by atoms with Gasteiger partial charge in [-0.15, -0.1) is 11.6 Å². The highest BCUT2D eigenvalue weighted by molar-refractivity contribution is 6.27. The molecular formula is C20H22ClF3N2O3. The van der Waals surface area contributed by atoms with E-state index in [1.165, 1.54) is 12.2 Å². The van der Waals surface area contributed by atoms with Crippen molar-refractivity contribution in [2.45, 2.75) is 42.5 Å². The zero-order valence-electron chi connectivity index (χ0n) is 15.6. The number of benzene rings is 1. The molecule has 1 heterocycles. The number of alkyl halides is 4. The fourth-order valence-electron chi connectivity index (χ4n) is 3.93. The summed E-state index contributed by atoms with van der Waals surface area (Å²) in [7, 11) is 0. The molecule has 1 saturated carbocycles. The molecule has 9 heteroatoms. The Kier molecular flexibility index (Phi) is 6.24. The first kappa shape index (κ1) is 21.6. The summed E-state index contributed by atoms with van der Waals surface area (Å²) in [5, 5.41) is 5.25. The first-order valence-corrected chi connectivity index (χ1v) is 9.81. The Balaban J connectivity index is 1.71. The molecule has 2 N–H and O–H groups in total. The number of hydrogen-bond acceptors (Lipinski definition) is 3. The van der Waals surface area contributed by atoms with Gasteiger partial charge in [0.25, 0.3) is 5.91 Å². The van der Waals surface area contributed by atoms with Crippen LogP contribution in [0.1, 0.15) is 24.8 Å². The molecule has 1 aromatic rings. The van der Waals surface area contributed by atoms with Gasteiger partial charge < -0.3 is 15.4 Å². The number of halogens is 4. The highest BCUT2D eigenvalue weighted by atomic mass is 35.5. The van der Waals surface area contributed by atoms with Gasteiger partial charge in [0.15, 0.2) is 0 Å². The Hall–Kier alpha value is -2.06. The molecule has 5 nitrogen and oxygen atoms in total. The van der Waals surface area contributed by atoms with E-state index in [-0.39, 0.29) is 18.4 Å². The Morgan fingerprint density at radius 3 is 2.41 bits per heavy atom. The van der Waals surface area contributed by atoms with Crippen molar-refractivity contribution < 1.29 is 27.5 Å². The molecule has 1 aliphatic heterocycles. The van der Waals surface area contributed by atoms with Gasteiger partial charge in [-0.25, -0.2) is 0 Å². The monoisotopic (exact) mass is 430 g/mol. The van der Waals surface area contributed by atoms with Gasteiger partial charge in [-0.2, -0.15) is 13.2 Å². The highest BCUT2D eigenvalue weighted by Crippen LogP contribution is 2.45. The van der Waals surface area contributed by atoms with Crippen LogP contribution in [0.5, 0.6) is 0 Å². The van der Waals surface area contributed by atoms with Crippen LogP contribution in [-0.4, -0.2) is 48.7 Å². The van der Waals surface area contributed by atoms with E-state index >= 15 is 0 Å². The van der Waals surface area contributed by atoms with Gasteiger partial charge in [-0.05, 0) is 18.4 Å². The van der Waals surface area contributed by atoms with E-state index in [1.54, 1.807) is 0 Å². The Morgan fingerprint density at radius 1 is 1.17 bits per heavy atom. The lowest BCUT2D eigenvalue weighted by Gasteiger charge is -2.49. The predicted octanol–water partition coefficient (Wildman–Crippen LogP) is 2.84. The normalized spacial score (nSPS) is 29.0. The summed E-state index contributed by atoms with van der Waals surface area (Å²) in [6, 6.07) is 8.91. The SMILES string of the molecule is O=C(CCl)NCC1(c2ccccc2)CC(NC(=O)C2(C(F)(F)F)CC=CCO2)C1. The number of carbonyl (C=O) groups excluding carboxylic acids is 2. The molecule has 1 aliphatic carbocycles. The van der Waals surface area contributed by atoms with Gasteiger partial charge in [-0.1, -0.05) is 42.5 Å². The molecule has 0 bridgehead atoms. The number of ether oxygens (including phenoxy) is 1. The van der Waals surface area contributed by atoms with Crippen LogP contribution in [0.2, 0.25) is 0 Å². The van der Waals surface area contributed by atoms with Crippen LogP contribution in [-0.2, 0) is 19.7 Å². The van der Waals surface area contributed by atoms with E-state index in [9.17, 15) is 22.8 Å². The zero-order valence-corrected chi connectivity index (χ0v) is 16.4. The molecule has 0 saturated heterocycles. The number of amides is 2. The van der Waals surface area contributed by atoms with Crippen LogP contribution in [0.4, 0.5) is 13.2 Å². The van der Waals surface area contributed by atoms with Crippen molar-refractivity contribution in [1.82, 2.24) is 10.6 Å². The predicted molar refractivity (Wildman–Crippen MR) is 102 cm³/mol. The zero-order chi connectivity index (χ0) is 21.1. The van der Waals surface area contributed by atoms with Gasteiger partial charge >= 0.3 is 6.18 Å². The quantitative estimate of drug-likeness (QED) is 0.538. The lowest BCUT2D eigenvalue weighted by molar-refractivity contribution is -0.266. The van der Waals surface area contributed by atoms with E-state index in [0.29, 0.717) is 19.4 Å². The number of hydrogen-bond donors (Lipinski definition) is 2. The average Bonchev–Trinajstić information content (AvgIpc) is 2.69. The van der Waals surface area contributed by atoms with Crippen molar-refractivity contribution in [3.8, 4) is 0 Å². The van der Waals surface area contributed by atoms with E-state index in [4.69, 9.17) is 16.3 Å². The molecule has 0 spiro atoms. The lowest BCUT2D eigenvalue weighted by Crippen LogP contribution is -2.65. The van der Waals surface area contributed by atoms with E-state index < -0.39 is 35.6 Å². The molecule has 0 aromatic heterocycles. The summed E-state index contributed by atoms with van der Waals surface area (Å²) in [6.45, 7) is 0.0224. The molecule has 2 aliphatic rings. The molecule has 3 rings (SSSR count). The Bertz CT molecular complexity index is 779. The molecule has 0 radical (unpaired) electrons. The maximum Gasteiger partial charge on any atom is 0.426 e. The third kappa shape index (κ3) is 4.28. The van der Waals surface area contributed by atoms with Gasteiger partial charge in [0.05, 0.1) is 6.61 Å². The largest absolute Gasteiger partial charge is 0.426 e. The molecule has 158 valence electrons. The minimum atomic E-state index is -4.82.